The third kappa shape index (κ3) is 4.55. The Morgan fingerprint density at radius 2 is 1.38 bits per heavy atom. The molecule has 0 atom stereocenters. The second-order valence-corrected chi connectivity index (χ2v) is 7.22. The molecule has 0 fully saturated rings. The summed E-state index contributed by atoms with van der Waals surface area (Å²) in [5.41, 5.74) is 5.23. The highest BCUT2D eigenvalue weighted by atomic mass is 16.5. The third-order valence-electron chi connectivity index (χ3n) is 4.75. The van der Waals surface area contributed by atoms with Crippen LogP contribution in [-0.2, 0) is 0 Å². The maximum Gasteiger partial charge on any atom is 0.138 e. The fourth-order valence-corrected chi connectivity index (χ4v) is 3.18. The SMILES string of the molecule is CN(C)CCOc1ccc(-c2nc(-c3ccccc3)c(-c3ccccc3)[nH]2)cc1. The van der Waals surface area contributed by atoms with E-state index in [1.165, 1.54) is 0 Å². The van der Waals surface area contributed by atoms with Gasteiger partial charge in [0.15, 0.2) is 0 Å². The van der Waals surface area contributed by atoms with Crippen molar-refractivity contribution >= 4 is 0 Å². The lowest BCUT2D eigenvalue weighted by atomic mass is 10.1. The van der Waals surface area contributed by atoms with Crippen molar-refractivity contribution < 1.29 is 4.74 Å². The summed E-state index contributed by atoms with van der Waals surface area (Å²) >= 11 is 0. The smallest absolute Gasteiger partial charge is 0.138 e. The summed E-state index contributed by atoms with van der Waals surface area (Å²) in [6.07, 6.45) is 0. The average molecular weight is 383 g/mol. The molecule has 0 aliphatic carbocycles. The Hall–Kier alpha value is -3.37. The number of aromatic amines is 1. The lowest BCUT2D eigenvalue weighted by Gasteiger charge is -2.11. The Morgan fingerprint density at radius 1 is 0.759 bits per heavy atom. The number of hydrogen-bond acceptors (Lipinski definition) is 3. The first-order chi connectivity index (χ1) is 14.2. The monoisotopic (exact) mass is 383 g/mol. The number of aromatic nitrogens is 2. The second kappa shape index (κ2) is 8.76. The van der Waals surface area contributed by atoms with Gasteiger partial charge in [0.25, 0.3) is 0 Å². The molecule has 1 heterocycles. The van der Waals surface area contributed by atoms with E-state index in [1.54, 1.807) is 0 Å². The lowest BCUT2D eigenvalue weighted by molar-refractivity contribution is 0.261. The van der Waals surface area contributed by atoms with Crippen molar-refractivity contribution in [3.63, 3.8) is 0 Å². The van der Waals surface area contributed by atoms with Gasteiger partial charge < -0.3 is 14.6 Å². The minimum absolute atomic E-state index is 0.670. The summed E-state index contributed by atoms with van der Waals surface area (Å²) in [5.74, 6) is 1.72. The van der Waals surface area contributed by atoms with Gasteiger partial charge in [-0.25, -0.2) is 4.98 Å². The summed E-state index contributed by atoms with van der Waals surface area (Å²) < 4.78 is 5.80. The zero-order valence-corrected chi connectivity index (χ0v) is 16.8. The predicted octanol–water partition coefficient (Wildman–Crippen LogP) is 5.35. The number of likely N-dealkylation sites (N-methyl/N-ethyl adjacent to an activating group) is 1. The molecule has 0 saturated carbocycles. The van der Waals surface area contributed by atoms with E-state index in [4.69, 9.17) is 9.72 Å². The van der Waals surface area contributed by atoms with Crippen LogP contribution in [0.4, 0.5) is 0 Å². The largest absolute Gasteiger partial charge is 0.492 e. The van der Waals surface area contributed by atoms with E-state index in [0.717, 1.165) is 46.2 Å². The van der Waals surface area contributed by atoms with Gasteiger partial charge in [-0.3, -0.25) is 0 Å². The van der Waals surface area contributed by atoms with Gasteiger partial charge in [-0.05, 0) is 38.4 Å². The van der Waals surface area contributed by atoms with Crippen LogP contribution in [0.3, 0.4) is 0 Å². The number of ether oxygens (including phenoxy) is 1. The van der Waals surface area contributed by atoms with Crippen LogP contribution in [0, 0.1) is 0 Å². The van der Waals surface area contributed by atoms with Gasteiger partial charge in [-0.2, -0.15) is 0 Å². The molecule has 0 aliphatic rings. The highest BCUT2D eigenvalue weighted by molar-refractivity contribution is 5.81. The standard InChI is InChI=1S/C25H25N3O/c1-28(2)17-18-29-22-15-13-21(14-16-22)25-26-23(19-9-5-3-6-10-19)24(27-25)20-11-7-4-8-12-20/h3-16H,17-18H2,1-2H3,(H,26,27). The molecule has 1 N–H and O–H groups in total. The Morgan fingerprint density at radius 3 is 2.00 bits per heavy atom. The molecule has 0 spiro atoms. The molecule has 4 rings (SSSR count). The maximum absolute atomic E-state index is 5.80. The van der Waals surface area contributed by atoms with Gasteiger partial charge in [0.2, 0.25) is 0 Å². The van der Waals surface area contributed by atoms with Gasteiger partial charge in [-0.1, -0.05) is 60.7 Å². The van der Waals surface area contributed by atoms with Gasteiger partial charge in [0, 0.05) is 23.2 Å². The zero-order valence-electron chi connectivity index (χ0n) is 16.8. The van der Waals surface area contributed by atoms with Crippen molar-refractivity contribution in [2.75, 3.05) is 27.2 Å². The number of H-pyrrole nitrogens is 1. The first-order valence-electron chi connectivity index (χ1n) is 9.79. The van der Waals surface area contributed by atoms with E-state index >= 15 is 0 Å². The van der Waals surface area contributed by atoms with Crippen LogP contribution in [-0.4, -0.2) is 42.1 Å². The quantitative estimate of drug-likeness (QED) is 0.468. The van der Waals surface area contributed by atoms with Crippen molar-refractivity contribution in [3.05, 3.63) is 84.9 Å². The molecule has 0 aliphatic heterocycles. The highest BCUT2D eigenvalue weighted by Crippen LogP contribution is 2.33. The second-order valence-electron chi connectivity index (χ2n) is 7.22. The molecule has 0 unspecified atom stereocenters. The number of benzene rings is 3. The number of nitrogens with one attached hydrogen (secondary N) is 1. The van der Waals surface area contributed by atoms with Gasteiger partial charge in [-0.15, -0.1) is 0 Å². The summed E-state index contributed by atoms with van der Waals surface area (Å²) in [7, 11) is 4.08. The molecule has 0 saturated heterocycles. The van der Waals surface area contributed by atoms with Crippen LogP contribution in [0.25, 0.3) is 33.9 Å². The molecule has 4 aromatic rings. The third-order valence-corrected chi connectivity index (χ3v) is 4.75. The number of hydrogen-bond donors (Lipinski definition) is 1. The minimum atomic E-state index is 0.670. The molecule has 0 bridgehead atoms. The van der Waals surface area contributed by atoms with E-state index in [1.807, 2.05) is 74.8 Å². The van der Waals surface area contributed by atoms with Crippen LogP contribution >= 0.6 is 0 Å². The van der Waals surface area contributed by atoms with Crippen LogP contribution in [0.15, 0.2) is 84.9 Å². The Balaban J connectivity index is 1.65. The van der Waals surface area contributed by atoms with Crippen LogP contribution < -0.4 is 4.74 Å². The molecule has 4 heteroatoms. The van der Waals surface area contributed by atoms with Crippen molar-refractivity contribution in [3.8, 4) is 39.7 Å². The average Bonchev–Trinajstić information content (AvgIpc) is 3.21. The fraction of sp³-hybridized carbons (Fsp3) is 0.160. The van der Waals surface area contributed by atoms with Crippen molar-refractivity contribution in [2.24, 2.45) is 0 Å². The molecule has 4 nitrogen and oxygen atoms in total. The first-order valence-corrected chi connectivity index (χ1v) is 9.79. The van der Waals surface area contributed by atoms with Crippen molar-refractivity contribution in [2.45, 2.75) is 0 Å². The molecular formula is C25H25N3O. The Labute approximate surface area is 171 Å². The fourth-order valence-electron chi connectivity index (χ4n) is 3.18. The Kier molecular flexibility index (Phi) is 5.73. The summed E-state index contributed by atoms with van der Waals surface area (Å²) in [5, 5.41) is 0. The normalized spacial score (nSPS) is 11.0. The van der Waals surface area contributed by atoms with Gasteiger partial charge >= 0.3 is 0 Å². The topological polar surface area (TPSA) is 41.1 Å². The maximum atomic E-state index is 5.80. The molecule has 146 valence electrons. The molecule has 0 amide bonds. The van der Waals surface area contributed by atoms with Crippen molar-refractivity contribution in [1.82, 2.24) is 14.9 Å². The van der Waals surface area contributed by atoms with Gasteiger partial charge in [0.05, 0.1) is 11.4 Å². The number of rotatable bonds is 7. The number of imidazole rings is 1. The molecule has 1 aromatic heterocycles. The van der Waals surface area contributed by atoms with E-state index in [-0.39, 0.29) is 0 Å². The van der Waals surface area contributed by atoms with Gasteiger partial charge in [0.1, 0.15) is 18.2 Å². The van der Waals surface area contributed by atoms with E-state index in [0.29, 0.717) is 6.61 Å². The van der Waals surface area contributed by atoms with E-state index in [2.05, 4.69) is 34.1 Å². The van der Waals surface area contributed by atoms with E-state index < -0.39 is 0 Å². The predicted molar refractivity (Wildman–Crippen MR) is 119 cm³/mol. The number of nitrogens with zero attached hydrogens (tertiary/aromatic N) is 2. The Bertz CT molecular complexity index is 982. The zero-order chi connectivity index (χ0) is 20.1. The first kappa shape index (κ1) is 19.0. The van der Waals surface area contributed by atoms with Crippen LogP contribution in [0.1, 0.15) is 0 Å². The molecule has 3 aromatic carbocycles. The van der Waals surface area contributed by atoms with Crippen LogP contribution in [0.2, 0.25) is 0 Å². The summed E-state index contributed by atoms with van der Waals surface area (Å²) in [6, 6.07) is 28.7. The molecule has 0 radical (unpaired) electrons. The van der Waals surface area contributed by atoms with E-state index in [9.17, 15) is 0 Å². The minimum Gasteiger partial charge on any atom is -0.492 e. The molecule has 29 heavy (non-hydrogen) atoms. The van der Waals surface area contributed by atoms with Crippen LogP contribution in [0.5, 0.6) is 5.75 Å². The lowest BCUT2D eigenvalue weighted by Crippen LogP contribution is -2.19. The summed E-state index contributed by atoms with van der Waals surface area (Å²) in [4.78, 5) is 10.6. The highest BCUT2D eigenvalue weighted by Gasteiger charge is 2.15. The summed E-state index contributed by atoms with van der Waals surface area (Å²) in [6.45, 7) is 1.56. The molecular weight excluding hydrogens is 358 g/mol. The van der Waals surface area contributed by atoms with Crippen molar-refractivity contribution in [1.29, 1.82) is 0 Å².